The highest BCUT2D eigenvalue weighted by atomic mass is 16.5. The number of nitrogen functional groups attached to an aromatic ring is 1. The van der Waals surface area contributed by atoms with Crippen molar-refractivity contribution in [1.82, 2.24) is 15.2 Å². The van der Waals surface area contributed by atoms with Gasteiger partial charge in [-0.3, -0.25) is 4.98 Å². The van der Waals surface area contributed by atoms with Crippen LogP contribution in [-0.2, 0) is 6.42 Å². The van der Waals surface area contributed by atoms with Crippen LogP contribution in [0.25, 0.3) is 0 Å². The van der Waals surface area contributed by atoms with E-state index in [1.54, 1.807) is 24.5 Å². The highest BCUT2D eigenvalue weighted by Crippen LogP contribution is 2.07. The molecule has 2 aromatic rings. The van der Waals surface area contributed by atoms with Crippen molar-refractivity contribution >= 4 is 5.82 Å². The molecule has 2 heterocycles. The molecular formula is C12H14N4O. The van der Waals surface area contributed by atoms with Crippen molar-refractivity contribution in [3.8, 4) is 5.88 Å². The van der Waals surface area contributed by atoms with Gasteiger partial charge in [0.25, 0.3) is 0 Å². The smallest absolute Gasteiger partial charge is 0.233 e. The van der Waals surface area contributed by atoms with Crippen molar-refractivity contribution in [2.45, 2.75) is 12.8 Å². The molecule has 2 rings (SSSR count). The molecule has 0 aliphatic heterocycles. The quantitative estimate of drug-likeness (QED) is 0.787. The van der Waals surface area contributed by atoms with Crippen molar-refractivity contribution in [2.24, 2.45) is 0 Å². The van der Waals surface area contributed by atoms with E-state index in [1.807, 2.05) is 12.1 Å². The molecule has 0 fully saturated rings. The Kier molecular flexibility index (Phi) is 3.85. The summed E-state index contributed by atoms with van der Waals surface area (Å²) in [6, 6.07) is 7.39. The average Bonchev–Trinajstić information content (AvgIpc) is 2.38. The molecular weight excluding hydrogens is 216 g/mol. The van der Waals surface area contributed by atoms with Crippen LogP contribution in [0, 0.1) is 0 Å². The summed E-state index contributed by atoms with van der Waals surface area (Å²) in [7, 11) is 0. The normalized spacial score (nSPS) is 10.1. The molecule has 0 saturated carbocycles. The molecule has 5 heteroatoms. The van der Waals surface area contributed by atoms with Crippen molar-refractivity contribution in [3.05, 3.63) is 42.2 Å². The number of nitrogens with zero attached hydrogens (tertiary/aromatic N) is 3. The number of rotatable bonds is 5. The molecule has 0 unspecified atom stereocenters. The number of hydrogen-bond acceptors (Lipinski definition) is 5. The van der Waals surface area contributed by atoms with Crippen LogP contribution in [0.1, 0.15) is 12.0 Å². The summed E-state index contributed by atoms with van der Waals surface area (Å²) in [4.78, 5) is 3.97. The largest absolute Gasteiger partial charge is 0.477 e. The fourth-order valence-electron chi connectivity index (χ4n) is 1.41. The first kappa shape index (κ1) is 11.3. The standard InChI is InChI=1S/C12H14N4O/c13-11-3-4-12(16-15-11)17-9-1-2-10-5-7-14-8-6-10/h3-8H,1-2,9H2,(H2,13,15). The molecule has 2 aromatic heterocycles. The van der Waals surface area contributed by atoms with E-state index in [1.165, 1.54) is 5.56 Å². The second kappa shape index (κ2) is 5.79. The number of ether oxygens (including phenoxy) is 1. The summed E-state index contributed by atoms with van der Waals surface area (Å²) in [5.41, 5.74) is 6.68. The number of aromatic nitrogens is 3. The first-order chi connectivity index (χ1) is 8.34. The van der Waals surface area contributed by atoms with Crippen LogP contribution in [0.3, 0.4) is 0 Å². The predicted molar refractivity (Wildman–Crippen MR) is 64.5 cm³/mol. The van der Waals surface area contributed by atoms with Gasteiger partial charge >= 0.3 is 0 Å². The monoisotopic (exact) mass is 230 g/mol. The van der Waals surface area contributed by atoms with Gasteiger partial charge in [0, 0.05) is 18.5 Å². The summed E-state index contributed by atoms with van der Waals surface area (Å²) in [6.45, 7) is 0.612. The Labute approximate surface area is 99.7 Å². The predicted octanol–water partition coefficient (Wildman–Crippen LogP) is 1.47. The lowest BCUT2D eigenvalue weighted by Gasteiger charge is -2.04. The number of aryl methyl sites for hydroxylation is 1. The van der Waals surface area contributed by atoms with Gasteiger partial charge in [-0.25, -0.2) is 0 Å². The van der Waals surface area contributed by atoms with Gasteiger partial charge in [0.15, 0.2) is 0 Å². The summed E-state index contributed by atoms with van der Waals surface area (Å²) < 4.78 is 5.44. The van der Waals surface area contributed by atoms with Crippen LogP contribution in [0.5, 0.6) is 5.88 Å². The van der Waals surface area contributed by atoms with Gasteiger partial charge < -0.3 is 10.5 Å². The van der Waals surface area contributed by atoms with Crippen molar-refractivity contribution < 1.29 is 4.74 Å². The van der Waals surface area contributed by atoms with E-state index in [0.717, 1.165) is 12.8 Å². The van der Waals surface area contributed by atoms with E-state index < -0.39 is 0 Å². The third kappa shape index (κ3) is 3.71. The maximum atomic E-state index is 5.44. The fraction of sp³-hybridized carbons (Fsp3) is 0.250. The lowest BCUT2D eigenvalue weighted by molar-refractivity contribution is 0.296. The summed E-state index contributed by atoms with van der Waals surface area (Å²) >= 11 is 0. The highest BCUT2D eigenvalue weighted by molar-refractivity contribution is 5.27. The summed E-state index contributed by atoms with van der Waals surface area (Å²) in [5.74, 6) is 0.906. The zero-order valence-electron chi connectivity index (χ0n) is 9.41. The van der Waals surface area contributed by atoms with Gasteiger partial charge in [-0.05, 0) is 36.6 Å². The molecule has 0 aromatic carbocycles. The van der Waals surface area contributed by atoms with E-state index >= 15 is 0 Å². The maximum absolute atomic E-state index is 5.44. The fourth-order valence-corrected chi connectivity index (χ4v) is 1.41. The molecule has 0 atom stereocenters. The Morgan fingerprint density at radius 3 is 2.59 bits per heavy atom. The van der Waals surface area contributed by atoms with Crippen LogP contribution in [0.15, 0.2) is 36.7 Å². The van der Waals surface area contributed by atoms with Crippen molar-refractivity contribution in [3.63, 3.8) is 0 Å². The van der Waals surface area contributed by atoms with Crippen LogP contribution < -0.4 is 10.5 Å². The van der Waals surface area contributed by atoms with Crippen LogP contribution >= 0.6 is 0 Å². The molecule has 0 aliphatic rings. The van der Waals surface area contributed by atoms with Crippen molar-refractivity contribution in [2.75, 3.05) is 12.3 Å². The molecule has 17 heavy (non-hydrogen) atoms. The van der Waals surface area contributed by atoms with Gasteiger partial charge in [0.05, 0.1) is 6.61 Å². The molecule has 0 amide bonds. The summed E-state index contributed by atoms with van der Waals surface area (Å²) in [5, 5.41) is 7.53. The van der Waals surface area contributed by atoms with Crippen LogP contribution in [0.2, 0.25) is 0 Å². The molecule has 5 nitrogen and oxygen atoms in total. The average molecular weight is 230 g/mol. The van der Waals surface area contributed by atoms with E-state index in [2.05, 4.69) is 15.2 Å². The maximum Gasteiger partial charge on any atom is 0.233 e. The van der Waals surface area contributed by atoms with E-state index in [9.17, 15) is 0 Å². The number of nitrogens with two attached hydrogens (primary N) is 1. The summed E-state index contributed by atoms with van der Waals surface area (Å²) in [6.07, 6.45) is 5.48. The zero-order valence-corrected chi connectivity index (χ0v) is 9.41. The SMILES string of the molecule is Nc1ccc(OCCCc2ccncc2)nn1. The van der Waals surface area contributed by atoms with E-state index in [4.69, 9.17) is 10.5 Å². The number of anilines is 1. The molecule has 0 aliphatic carbocycles. The Bertz CT molecular complexity index is 444. The lowest BCUT2D eigenvalue weighted by Crippen LogP contribution is -2.02. The molecule has 0 radical (unpaired) electrons. The topological polar surface area (TPSA) is 73.9 Å². The minimum absolute atomic E-state index is 0.397. The third-order valence-corrected chi connectivity index (χ3v) is 2.27. The first-order valence-corrected chi connectivity index (χ1v) is 5.45. The molecule has 0 bridgehead atoms. The van der Waals surface area contributed by atoms with Crippen LogP contribution in [-0.4, -0.2) is 21.8 Å². The van der Waals surface area contributed by atoms with E-state index in [-0.39, 0.29) is 0 Å². The molecule has 88 valence electrons. The van der Waals surface area contributed by atoms with Crippen LogP contribution in [0.4, 0.5) is 5.82 Å². The van der Waals surface area contributed by atoms with Gasteiger partial charge in [-0.1, -0.05) is 0 Å². The number of hydrogen-bond donors (Lipinski definition) is 1. The lowest BCUT2D eigenvalue weighted by atomic mass is 10.1. The Morgan fingerprint density at radius 2 is 1.88 bits per heavy atom. The third-order valence-electron chi connectivity index (χ3n) is 2.27. The Morgan fingerprint density at radius 1 is 1.06 bits per heavy atom. The van der Waals surface area contributed by atoms with E-state index in [0.29, 0.717) is 18.3 Å². The Hall–Kier alpha value is -2.17. The Balaban J connectivity index is 1.71. The molecule has 0 spiro atoms. The second-order valence-corrected chi connectivity index (χ2v) is 3.60. The first-order valence-electron chi connectivity index (χ1n) is 5.45. The van der Waals surface area contributed by atoms with Gasteiger partial charge in [0.1, 0.15) is 5.82 Å². The van der Waals surface area contributed by atoms with Gasteiger partial charge in [-0.15, -0.1) is 10.2 Å². The minimum Gasteiger partial charge on any atom is -0.477 e. The van der Waals surface area contributed by atoms with Crippen molar-refractivity contribution in [1.29, 1.82) is 0 Å². The van der Waals surface area contributed by atoms with Gasteiger partial charge in [-0.2, -0.15) is 0 Å². The zero-order chi connectivity index (χ0) is 11.9. The second-order valence-electron chi connectivity index (χ2n) is 3.60. The molecule has 0 saturated heterocycles. The number of pyridine rings is 1. The van der Waals surface area contributed by atoms with Gasteiger partial charge in [0.2, 0.25) is 5.88 Å². The minimum atomic E-state index is 0.397. The highest BCUT2D eigenvalue weighted by Gasteiger charge is 1.97. The molecule has 2 N–H and O–H groups in total.